The quantitative estimate of drug-likeness (QED) is 0.789. The summed E-state index contributed by atoms with van der Waals surface area (Å²) in [5.41, 5.74) is 8.43. The van der Waals surface area contributed by atoms with Crippen LogP contribution < -0.4 is 10.6 Å². The molecule has 0 amide bonds. The molecule has 2 atom stereocenters. The monoisotopic (exact) mass is 293 g/mol. The molecule has 2 unspecified atom stereocenters. The molecule has 3 aromatic rings. The van der Waals surface area contributed by atoms with Crippen molar-refractivity contribution >= 4 is 16.6 Å². The first-order chi connectivity index (χ1) is 10.8. The normalized spacial score (nSPS) is 22.1. The van der Waals surface area contributed by atoms with Gasteiger partial charge in [-0.15, -0.1) is 0 Å². The van der Waals surface area contributed by atoms with Gasteiger partial charge in [0.2, 0.25) is 0 Å². The first kappa shape index (κ1) is 13.3. The Kier molecular flexibility index (Phi) is 3.27. The number of rotatable bonds is 2. The second-order valence-corrected chi connectivity index (χ2v) is 5.82. The number of fused-ring (bicyclic) bond motifs is 1. The van der Waals surface area contributed by atoms with Crippen LogP contribution in [0.5, 0.6) is 0 Å². The summed E-state index contributed by atoms with van der Waals surface area (Å²) in [6.07, 6.45) is 9.66. The van der Waals surface area contributed by atoms with Crippen molar-refractivity contribution in [3.05, 3.63) is 55.2 Å². The lowest BCUT2D eigenvalue weighted by molar-refractivity contribution is 0.341. The van der Waals surface area contributed by atoms with E-state index in [0.717, 1.165) is 24.9 Å². The molecule has 1 aliphatic rings. The minimum atomic E-state index is 0.193. The fraction of sp³-hybridized carbons (Fsp3) is 0.294. The molecule has 2 aromatic heterocycles. The summed E-state index contributed by atoms with van der Waals surface area (Å²) in [4.78, 5) is 11.2. The van der Waals surface area contributed by atoms with Crippen LogP contribution >= 0.6 is 0 Å². The van der Waals surface area contributed by atoms with Crippen molar-refractivity contribution in [2.24, 2.45) is 5.73 Å². The highest BCUT2D eigenvalue weighted by Gasteiger charge is 2.29. The standard InChI is InChI=1S/C17H19N5/c18-14-6-9-22(16(11-14)21-10-8-19-12-21)15-5-1-3-13-4-2-7-20-17(13)15/h1-5,7-8,10,12,14,16H,6,9,11,18H2. The minimum Gasteiger partial charge on any atom is -0.349 e. The zero-order chi connectivity index (χ0) is 14.9. The van der Waals surface area contributed by atoms with E-state index < -0.39 is 0 Å². The third-order valence-electron chi connectivity index (χ3n) is 4.40. The van der Waals surface area contributed by atoms with Gasteiger partial charge >= 0.3 is 0 Å². The minimum absolute atomic E-state index is 0.193. The van der Waals surface area contributed by atoms with E-state index >= 15 is 0 Å². The van der Waals surface area contributed by atoms with E-state index in [4.69, 9.17) is 5.73 Å². The average Bonchev–Trinajstić information content (AvgIpc) is 3.09. The molecular formula is C17H19N5. The van der Waals surface area contributed by atoms with E-state index in [1.807, 2.05) is 31.0 Å². The molecule has 3 heterocycles. The van der Waals surface area contributed by atoms with E-state index in [1.54, 1.807) is 0 Å². The van der Waals surface area contributed by atoms with E-state index in [-0.39, 0.29) is 12.2 Å². The van der Waals surface area contributed by atoms with Crippen LogP contribution in [-0.2, 0) is 0 Å². The van der Waals surface area contributed by atoms with Crippen molar-refractivity contribution in [2.75, 3.05) is 11.4 Å². The first-order valence-electron chi connectivity index (χ1n) is 7.66. The number of piperidine rings is 1. The lowest BCUT2D eigenvalue weighted by Crippen LogP contribution is -2.44. The van der Waals surface area contributed by atoms with Crippen molar-refractivity contribution in [3.63, 3.8) is 0 Å². The van der Waals surface area contributed by atoms with Crippen LogP contribution in [-0.4, -0.2) is 27.1 Å². The van der Waals surface area contributed by atoms with Gasteiger partial charge in [-0.1, -0.05) is 18.2 Å². The van der Waals surface area contributed by atoms with Gasteiger partial charge in [0, 0.05) is 43.0 Å². The number of para-hydroxylation sites is 1. The maximum atomic E-state index is 6.21. The van der Waals surface area contributed by atoms with Crippen LogP contribution in [0.15, 0.2) is 55.2 Å². The Morgan fingerprint density at radius 3 is 2.91 bits per heavy atom. The average molecular weight is 293 g/mol. The van der Waals surface area contributed by atoms with Crippen molar-refractivity contribution in [2.45, 2.75) is 25.0 Å². The van der Waals surface area contributed by atoms with Crippen LogP contribution in [0.1, 0.15) is 19.0 Å². The maximum absolute atomic E-state index is 6.21. The lowest BCUT2D eigenvalue weighted by Gasteiger charge is -2.40. The summed E-state index contributed by atoms with van der Waals surface area (Å²) >= 11 is 0. The van der Waals surface area contributed by atoms with E-state index in [9.17, 15) is 0 Å². The highest BCUT2D eigenvalue weighted by molar-refractivity contribution is 5.90. The number of aromatic nitrogens is 3. The molecule has 4 rings (SSSR count). The molecule has 0 bridgehead atoms. The van der Waals surface area contributed by atoms with Crippen LogP contribution in [0, 0.1) is 0 Å². The summed E-state index contributed by atoms with van der Waals surface area (Å²) in [6, 6.07) is 10.7. The molecule has 0 aliphatic carbocycles. The summed E-state index contributed by atoms with van der Waals surface area (Å²) in [5, 5.41) is 1.17. The van der Waals surface area contributed by atoms with Gasteiger partial charge in [-0.3, -0.25) is 4.98 Å². The second kappa shape index (κ2) is 5.42. The predicted octanol–water partition coefficient (Wildman–Crippen LogP) is 2.56. The van der Waals surface area contributed by atoms with Gasteiger partial charge in [-0.2, -0.15) is 0 Å². The fourth-order valence-corrected chi connectivity index (χ4v) is 3.30. The molecule has 0 radical (unpaired) electrons. The molecular weight excluding hydrogens is 274 g/mol. The number of hydrogen-bond donors (Lipinski definition) is 1. The number of benzene rings is 1. The third kappa shape index (κ3) is 2.23. The van der Waals surface area contributed by atoms with Gasteiger partial charge in [0.1, 0.15) is 6.17 Å². The van der Waals surface area contributed by atoms with Crippen LogP contribution in [0.4, 0.5) is 5.69 Å². The van der Waals surface area contributed by atoms with Gasteiger partial charge < -0.3 is 15.2 Å². The Bertz CT molecular complexity index is 762. The number of pyridine rings is 1. The van der Waals surface area contributed by atoms with Crippen LogP contribution in [0.25, 0.3) is 10.9 Å². The number of hydrogen-bond acceptors (Lipinski definition) is 4. The SMILES string of the molecule is NC1CCN(c2cccc3cccnc23)C(n2ccnc2)C1. The Labute approximate surface area is 129 Å². The molecule has 5 nitrogen and oxygen atoms in total. The van der Waals surface area contributed by atoms with Gasteiger partial charge in [-0.05, 0) is 18.6 Å². The van der Waals surface area contributed by atoms with Gasteiger partial charge in [0.05, 0.1) is 17.5 Å². The molecule has 1 fully saturated rings. The molecule has 112 valence electrons. The van der Waals surface area contributed by atoms with E-state index in [0.29, 0.717) is 0 Å². The highest BCUT2D eigenvalue weighted by atomic mass is 15.3. The zero-order valence-electron chi connectivity index (χ0n) is 12.3. The Morgan fingerprint density at radius 2 is 2.05 bits per heavy atom. The van der Waals surface area contributed by atoms with Crippen molar-refractivity contribution in [1.29, 1.82) is 0 Å². The topological polar surface area (TPSA) is 60.0 Å². The molecule has 1 saturated heterocycles. The molecule has 1 aromatic carbocycles. The predicted molar refractivity (Wildman–Crippen MR) is 87.6 cm³/mol. The lowest BCUT2D eigenvalue weighted by atomic mass is 10.0. The second-order valence-electron chi connectivity index (χ2n) is 5.82. The molecule has 5 heteroatoms. The number of imidazole rings is 1. The van der Waals surface area contributed by atoms with Crippen LogP contribution in [0.3, 0.4) is 0 Å². The number of nitrogens with zero attached hydrogens (tertiary/aromatic N) is 4. The van der Waals surface area contributed by atoms with Crippen molar-refractivity contribution in [1.82, 2.24) is 14.5 Å². The highest BCUT2D eigenvalue weighted by Crippen LogP contribution is 2.34. The van der Waals surface area contributed by atoms with Gasteiger partial charge in [0.25, 0.3) is 0 Å². The zero-order valence-corrected chi connectivity index (χ0v) is 12.3. The molecule has 0 saturated carbocycles. The van der Waals surface area contributed by atoms with Crippen molar-refractivity contribution in [3.8, 4) is 0 Å². The largest absolute Gasteiger partial charge is 0.349 e. The molecule has 1 aliphatic heterocycles. The molecule has 2 N–H and O–H groups in total. The molecule has 0 spiro atoms. The third-order valence-corrected chi connectivity index (χ3v) is 4.40. The van der Waals surface area contributed by atoms with Crippen molar-refractivity contribution < 1.29 is 0 Å². The summed E-state index contributed by atoms with van der Waals surface area (Å²) < 4.78 is 2.14. The Morgan fingerprint density at radius 1 is 1.14 bits per heavy atom. The summed E-state index contributed by atoms with van der Waals surface area (Å²) in [5.74, 6) is 0. The maximum Gasteiger partial charge on any atom is 0.108 e. The molecule has 22 heavy (non-hydrogen) atoms. The fourth-order valence-electron chi connectivity index (χ4n) is 3.30. The smallest absolute Gasteiger partial charge is 0.108 e. The first-order valence-corrected chi connectivity index (χ1v) is 7.66. The van der Waals surface area contributed by atoms with Gasteiger partial charge in [0.15, 0.2) is 0 Å². The number of nitrogens with two attached hydrogens (primary N) is 1. The van der Waals surface area contributed by atoms with E-state index in [2.05, 4.69) is 43.7 Å². The Hall–Kier alpha value is -2.40. The van der Waals surface area contributed by atoms with Gasteiger partial charge in [-0.25, -0.2) is 4.98 Å². The van der Waals surface area contributed by atoms with Crippen LogP contribution in [0.2, 0.25) is 0 Å². The van der Waals surface area contributed by atoms with E-state index in [1.165, 1.54) is 11.1 Å². The summed E-state index contributed by atoms with van der Waals surface area (Å²) in [7, 11) is 0. The summed E-state index contributed by atoms with van der Waals surface area (Å²) in [6.45, 7) is 0.930. The Balaban J connectivity index is 1.81. The number of anilines is 1.